The summed E-state index contributed by atoms with van der Waals surface area (Å²) >= 11 is 5.94. The molecule has 6 rings (SSSR count). The van der Waals surface area contributed by atoms with Crippen LogP contribution in [0.1, 0.15) is 38.7 Å². The monoisotopic (exact) mass is 622 g/mol. The molecule has 1 saturated carbocycles. The van der Waals surface area contributed by atoms with Gasteiger partial charge in [-0.3, -0.25) is 14.4 Å². The maximum atomic E-state index is 14.3. The number of carbonyl (C=O) groups is 3. The van der Waals surface area contributed by atoms with E-state index in [1.54, 1.807) is 11.0 Å². The number of nitrogens with one attached hydrogen (secondary N) is 2. The molecule has 44 heavy (non-hydrogen) atoms. The summed E-state index contributed by atoms with van der Waals surface area (Å²) in [5.74, 6) is -2.47. The number of rotatable bonds is 9. The van der Waals surface area contributed by atoms with Crippen molar-refractivity contribution in [1.29, 1.82) is 0 Å². The Morgan fingerprint density at radius 1 is 1.14 bits per heavy atom. The molecule has 2 saturated heterocycles. The average Bonchev–Trinajstić information content (AvgIpc) is 3.64. The normalized spacial score (nSPS) is 32.3. The molecule has 3 aliphatic heterocycles. The Morgan fingerprint density at radius 3 is 2.66 bits per heavy atom. The zero-order valence-corrected chi connectivity index (χ0v) is 26.1. The van der Waals surface area contributed by atoms with Crippen LogP contribution in [0.25, 0.3) is 0 Å². The van der Waals surface area contributed by atoms with Gasteiger partial charge in [0.2, 0.25) is 17.7 Å². The Bertz CT molecular complexity index is 1460. The van der Waals surface area contributed by atoms with Gasteiger partial charge in [0, 0.05) is 31.4 Å². The second kappa shape index (κ2) is 12.3. The van der Waals surface area contributed by atoms with Gasteiger partial charge in [-0.2, -0.15) is 0 Å². The minimum absolute atomic E-state index is 0.00399. The van der Waals surface area contributed by atoms with Crippen molar-refractivity contribution in [2.45, 2.75) is 63.4 Å². The summed E-state index contributed by atoms with van der Waals surface area (Å²) in [6.45, 7) is 5.91. The molecule has 0 unspecified atom stereocenters. The molecule has 8 nitrogen and oxygen atoms in total. The van der Waals surface area contributed by atoms with E-state index >= 15 is 0 Å². The Kier molecular flexibility index (Phi) is 8.56. The molecule has 10 heteroatoms. The van der Waals surface area contributed by atoms with Crippen LogP contribution in [0.2, 0.25) is 5.02 Å². The smallest absolute Gasteiger partial charge is 0.246 e. The largest absolute Gasteiger partial charge is 0.359 e. The first-order valence-corrected chi connectivity index (χ1v) is 15.9. The topological polar surface area (TPSA) is 91.0 Å². The van der Waals surface area contributed by atoms with Crippen molar-refractivity contribution in [3.05, 3.63) is 77.1 Å². The summed E-state index contributed by atoms with van der Waals surface area (Å²) in [6.07, 6.45) is 6.01. The number of amides is 3. The second-order valence-electron chi connectivity index (χ2n) is 13.0. The molecular formula is C34H40ClFN4O4. The summed E-state index contributed by atoms with van der Waals surface area (Å²) in [5.41, 5.74) is 0.215. The number of likely N-dealkylation sites (tertiary alicyclic amines) is 1. The molecule has 2 aromatic rings. The van der Waals surface area contributed by atoms with Crippen LogP contribution in [0.5, 0.6) is 0 Å². The zero-order valence-electron chi connectivity index (χ0n) is 25.3. The fourth-order valence-corrected chi connectivity index (χ4v) is 7.79. The van der Waals surface area contributed by atoms with Crippen molar-refractivity contribution in [3.8, 4) is 0 Å². The minimum atomic E-state index is -1.25. The number of nitrogens with zero attached hydrogens (tertiary/aromatic N) is 2. The van der Waals surface area contributed by atoms with Crippen molar-refractivity contribution >= 4 is 35.0 Å². The molecule has 2 bridgehead atoms. The molecule has 0 aromatic heterocycles. The Morgan fingerprint density at radius 2 is 1.91 bits per heavy atom. The lowest BCUT2D eigenvalue weighted by Crippen LogP contribution is -2.58. The summed E-state index contributed by atoms with van der Waals surface area (Å²) in [7, 11) is 1.99. The third-order valence-corrected chi connectivity index (χ3v) is 10.5. The number of halogens is 2. The van der Waals surface area contributed by atoms with Gasteiger partial charge in [-0.05, 0) is 49.1 Å². The fourth-order valence-electron chi connectivity index (χ4n) is 7.61. The first-order chi connectivity index (χ1) is 21.1. The van der Waals surface area contributed by atoms with E-state index in [-0.39, 0.29) is 22.9 Å². The Balaban J connectivity index is 1.26. The van der Waals surface area contributed by atoms with Crippen LogP contribution in [0, 0.1) is 29.5 Å². The second-order valence-corrected chi connectivity index (χ2v) is 13.4. The molecule has 1 aliphatic carbocycles. The Labute approximate surface area is 262 Å². The predicted octanol–water partition coefficient (Wildman–Crippen LogP) is 4.64. The molecule has 2 N–H and O–H groups in total. The van der Waals surface area contributed by atoms with Crippen LogP contribution in [0.15, 0.2) is 60.7 Å². The Hall–Kier alpha value is -3.27. The van der Waals surface area contributed by atoms with Crippen LogP contribution in [0.4, 0.5) is 10.1 Å². The lowest BCUT2D eigenvalue weighted by molar-refractivity contribution is -0.141. The van der Waals surface area contributed by atoms with E-state index in [1.807, 2.05) is 31.3 Å². The highest BCUT2D eigenvalue weighted by molar-refractivity contribution is 6.31. The van der Waals surface area contributed by atoms with Crippen LogP contribution < -0.4 is 10.6 Å². The van der Waals surface area contributed by atoms with Crippen LogP contribution in [0.3, 0.4) is 0 Å². The number of hydrogen-bond donors (Lipinski definition) is 2. The number of hydrogen-bond acceptors (Lipinski definition) is 5. The number of anilines is 1. The molecule has 8 atom stereocenters. The van der Waals surface area contributed by atoms with Crippen molar-refractivity contribution in [3.63, 3.8) is 0 Å². The van der Waals surface area contributed by atoms with Crippen molar-refractivity contribution < 1.29 is 23.5 Å². The highest BCUT2D eigenvalue weighted by Gasteiger charge is 2.72. The molecule has 3 fully saturated rings. The molecule has 1 spiro atoms. The number of benzene rings is 2. The average molecular weight is 623 g/mol. The van der Waals surface area contributed by atoms with Crippen LogP contribution >= 0.6 is 11.6 Å². The van der Waals surface area contributed by atoms with Gasteiger partial charge >= 0.3 is 0 Å². The lowest BCUT2D eigenvalue weighted by Gasteiger charge is -2.38. The van der Waals surface area contributed by atoms with E-state index < -0.39 is 41.3 Å². The summed E-state index contributed by atoms with van der Waals surface area (Å²) in [5, 5.41) is 5.97. The molecule has 3 heterocycles. The van der Waals surface area contributed by atoms with Crippen LogP contribution in [-0.2, 0) is 25.7 Å². The number of fused-ring (bicyclic) bond motifs is 1. The zero-order chi connectivity index (χ0) is 31.2. The van der Waals surface area contributed by atoms with Crippen molar-refractivity contribution in [2.24, 2.45) is 23.7 Å². The van der Waals surface area contributed by atoms with Gasteiger partial charge in [0.15, 0.2) is 0 Å². The van der Waals surface area contributed by atoms with Gasteiger partial charge in [-0.15, -0.1) is 0 Å². The molecule has 4 aliphatic rings. The van der Waals surface area contributed by atoms with E-state index in [2.05, 4.69) is 41.5 Å². The first-order valence-electron chi connectivity index (χ1n) is 15.6. The standard InChI is InChI=1S/C34H40ClFN4O4/c1-20-8-7-11-26(21(20)2)38-32(42)30-34-15-14-27(44-34)28(31(41)37-23-12-13-25(36)24(35)18-23)29(34)33(43)40(30)17-16-39(3)19-22-9-5-4-6-10-22/h4-6,9-10,12-15,18,20-21,26-30H,7-8,11,16-17,19H2,1-3H3,(H,37,41)(H,38,42)/t20-,21-,26+,27-,28+,29-,30+,34+/m1/s1. The van der Waals surface area contributed by atoms with E-state index in [9.17, 15) is 18.8 Å². The highest BCUT2D eigenvalue weighted by Crippen LogP contribution is 2.55. The number of ether oxygens (including phenoxy) is 1. The lowest BCUT2D eigenvalue weighted by atomic mass is 9.73. The fraction of sp³-hybridized carbons (Fsp3) is 0.500. The number of carbonyl (C=O) groups excluding carboxylic acids is 3. The molecular weight excluding hydrogens is 583 g/mol. The maximum absolute atomic E-state index is 14.3. The molecule has 2 aromatic carbocycles. The van der Waals surface area contributed by atoms with E-state index in [0.717, 1.165) is 24.8 Å². The van der Waals surface area contributed by atoms with Gasteiger partial charge in [0.05, 0.1) is 23.0 Å². The van der Waals surface area contributed by atoms with Crippen LogP contribution in [-0.4, -0.2) is 71.4 Å². The quantitative estimate of drug-likeness (QED) is 0.398. The van der Waals surface area contributed by atoms with Gasteiger partial charge in [0.1, 0.15) is 17.5 Å². The van der Waals surface area contributed by atoms with E-state index in [1.165, 1.54) is 18.2 Å². The maximum Gasteiger partial charge on any atom is 0.246 e. The first kappa shape index (κ1) is 30.7. The number of likely N-dealkylation sites (N-methyl/N-ethyl adjacent to an activating group) is 1. The minimum Gasteiger partial charge on any atom is -0.359 e. The van der Waals surface area contributed by atoms with Gasteiger partial charge in [0.25, 0.3) is 0 Å². The van der Waals surface area contributed by atoms with E-state index in [0.29, 0.717) is 37.2 Å². The van der Waals surface area contributed by atoms with Gasteiger partial charge in [-0.1, -0.05) is 80.8 Å². The van der Waals surface area contributed by atoms with Crippen molar-refractivity contribution in [1.82, 2.24) is 15.1 Å². The summed E-state index contributed by atoms with van der Waals surface area (Å²) in [6, 6.07) is 13.1. The highest BCUT2D eigenvalue weighted by atomic mass is 35.5. The van der Waals surface area contributed by atoms with E-state index in [4.69, 9.17) is 16.3 Å². The predicted molar refractivity (Wildman–Crippen MR) is 166 cm³/mol. The summed E-state index contributed by atoms with van der Waals surface area (Å²) in [4.78, 5) is 46.0. The summed E-state index contributed by atoms with van der Waals surface area (Å²) < 4.78 is 20.2. The SMILES string of the molecule is C[C@@H]1[C@H](C)CCC[C@@H]1NC(=O)[C@@H]1N(CCN(C)Cc2ccccc2)C(=O)[C@H]2[C@@H](C(=O)Nc3ccc(F)c(Cl)c3)[C@H]3C=C[C@@]12O3. The van der Waals surface area contributed by atoms with Crippen molar-refractivity contribution in [2.75, 3.05) is 25.5 Å². The molecule has 3 amide bonds. The third-order valence-electron chi connectivity index (χ3n) is 10.2. The van der Waals surface area contributed by atoms with Gasteiger partial charge < -0.3 is 25.2 Å². The molecule has 234 valence electrons. The molecule has 0 radical (unpaired) electrons. The third kappa shape index (κ3) is 5.54. The van der Waals surface area contributed by atoms with Gasteiger partial charge in [-0.25, -0.2) is 4.39 Å².